The molecule has 2 nitrogen and oxygen atoms in total. The highest BCUT2D eigenvalue weighted by molar-refractivity contribution is 5.99. The van der Waals surface area contributed by atoms with Crippen LogP contribution < -0.4 is 0 Å². The molecule has 0 saturated carbocycles. The van der Waals surface area contributed by atoms with Gasteiger partial charge in [0.1, 0.15) is 5.82 Å². The minimum Gasteiger partial charge on any atom is -0.327 e. The van der Waals surface area contributed by atoms with Crippen molar-refractivity contribution in [3.05, 3.63) is 127 Å². The largest absolute Gasteiger partial charge is 0.327 e. The Morgan fingerprint density at radius 3 is 1.69 bits per heavy atom. The van der Waals surface area contributed by atoms with Gasteiger partial charge in [-0.15, -0.1) is 0 Å². The van der Waals surface area contributed by atoms with Crippen LogP contribution in [0.5, 0.6) is 0 Å². The van der Waals surface area contributed by atoms with E-state index in [1.54, 1.807) is 0 Å². The first kappa shape index (κ1) is 20.7. The lowest BCUT2D eigenvalue weighted by Crippen LogP contribution is -1.92. The molecule has 0 aliphatic heterocycles. The first-order valence-corrected chi connectivity index (χ1v) is 12.3. The number of rotatable bonds is 3. The zero-order valence-corrected chi connectivity index (χ0v) is 20.0. The average molecular weight is 461 g/mol. The first-order valence-electron chi connectivity index (χ1n) is 12.3. The quantitative estimate of drug-likeness (QED) is 0.257. The summed E-state index contributed by atoms with van der Waals surface area (Å²) in [6, 6.07) is 45.5. The molecule has 170 valence electrons. The Morgan fingerprint density at radius 1 is 0.500 bits per heavy atom. The third-order valence-electron chi connectivity index (χ3n) is 7.23. The highest BCUT2D eigenvalue weighted by atomic mass is 15.1. The highest BCUT2D eigenvalue weighted by Crippen LogP contribution is 2.34. The number of imidazole rings is 1. The van der Waals surface area contributed by atoms with E-state index in [1.807, 2.05) is 0 Å². The van der Waals surface area contributed by atoms with E-state index < -0.39 is 0 Å². The molecule has 7 rings (SSSR count). The Bertz CT molecular complexity index is 1880. The summed E-state index contributed by atoms with van der Waals surface area (Å²) in [4.78, 5) is 5.06. The molecule has 0 unspecified atom stereocenters. The zero-order valence-electron chi connectivity index (χ0n) is 20.0. The van der Waals surface area contributed by atoms with E-state index in [4.69, 9.17) is 4.98 Å². The maximum absolute atomic E-state index is 5.06. The molecule has 0 aliphatic rings. The maximum Gasteiger partial charge on any atom is 0.140 e. The standard InChI is InChI=1S/C34H24N2/c1-36-33-21-20-27(31-15-7-11-24-9-3-5-13-29(24)31)22-32(33)35-34(36)26-18-16-25(17-19-26)30-14-6-10-23-8-2-4-12-28(23)30/h2-22H,1H3. The van der Waals surface area contributed by atoms with Crippen LogP contribution in [0.2, 0.25) is 0 Å². The molecular formula is C34H24N2. The predicted molar refractivity (Wildman–Crippen MR) is 152 cm³/mol. The normalized spacial score (nSPS) is 11.5. The fourth-order valence-corrected chi connectivity index (χ4v) is 5.38. The predicted octanol–water partition coefficient (Wildman–Crippen LogP) is 8.88. The van der Waals surface area contributed by atoms with E-state index in [0.29, 0.717) is 0 Å². The fraction of sp³-hybridized carbons (Fsp3) is 0.0294. The van der Waals surface area contributed by atoms with Crippen molar-refractivity contribution in [1.29, 1.82) is 0 Å². The van der Waals surface area contributed by atoms with E-state index in [9.17, 15) is 0 Å². The molecule has 0 spiro atoms. The molecule has 0 amide bonds. The summed E-state index contributed by atoms with van der Waals surface area (Å²) >= 11 is 0. The molecule has 0 atom stereocenters. The third kappa shape index (κ3) is 3.30. The van der Waals surface area contributed by atoms with E-state index in [-0.39, 0.29) is 0 Å². The van der Waals surface area contributed by atoms with Crippen LogP contribution in [0.1, 0.15) is 0 Å². The smallest absolute Gasteiger partial charge is 0.140 e. The van der Waals surface area contributed by atoms with Gasteiger partial charge in [0.05, 0.1) is 11.0 Å². The van der Waals surface area contributed by atoms with Gasteiger partial charge in [0.2, 0.25) is 0 Å². The van der Waals surface area contributed by atoms with Crippen LogP contribution >= 0.6 is 0 Å². The van der Waals surface area contributed by atoms with Crippen LogP contribution in [0.15, 0.2) is 127 Å². The van der Waals surface area contributed by atoms with Crippen LogP contribution in [0.4, 0.5) is 0 Å². The van der Waals surface area contributed by atoms with Gasteiger partial charge in [0.25, 0.3) is 0 Å². The van der Waals surface area contributed by atoms with Crippen LogP contribution in [0.25, 0.3) is 66.2 Å². The lowest BCUT2D eigenvalue weighted by atomic mass is 9.97. The van der Waals surface area contributed by atoms with Gasteiger partial charge < -0.3 is 4.57 Å². The number of benzene rings is 6. The Morgan fingerprint density at radius 2 is 1.03 bits per heavy atom. The van der Waals surface area contributed by atoms with Crippen molar-refractivity contribution < 1.29 is 0 Å². The number of nitrogens with zero attached hydrogens (tertiary/aromatic N) is 2. The number of aromatic nitrogens is 2. The molecule has 1 heterocycles. The second kappa shape index (κ2) is 8.21. The summed E-state index contributed by atoms with van der Waals surface area (Å²) in [6.07, 6.45) is 0. The molecule has 0 N–H and O–H groups in total. The third-order valence-corrected chi connectivity index (χ3v) is 7.23. The Labute approximate surface area is 210 Å². The SMILES string of the molecule is Cn1c(-c2ccc(-c3cccc4ccccc34)cc2)nc2cc(-c3cccc4ccccc34)ccc21. The van der Waals surface area contributed by atoms with Crippen molar-refractivity contribution in [1.82, 2.24) is 9.55 Å². The lowest BCUT2D eigenvalue weighted by molar-refractivity contribution is 0.959. The van der Waals surface area contributed by atoms with Crippen molar-refractivity contribution in [2.45, 2.75) is 0 Å². The van der Waals surface area contributed by atoms with Crippen molar-refractivity contribution >= 4 is 32.6 Å². The van der Waals surface area contributed by atoms with E-state index >= 15 is 0 Å². The van der Waals surface area contributed by atoms with Gasteiger partial charge in [-0.05, 0) is 55.9 Å². The van der Waals surface area contributed by atoms with Crippen molar-refractivity contribution in [2.24, 2.45) is 7.05 Å². The van der Waals surface area contributed by atoms with E-state index in [2.05, 4.69) is 139 Å². The maximum atomic E-state index is 5.06. The molecular weight excluding hydrogens is 436 g/mol. The minimum atomic E-state index is 0.976. The number of hydrogen-bond acceptors (Lipinski definition) is 1. The molecule has 0 bridgehead atoms. The molecule has 1 aromatic heterocycles. The van der Waals surface area contributed by atoms with Crippen LogP contribution in [0.3, 0.4) is 0 Å². The molecule has 0 saturated heterocycles. The zero-order chi connectivity index (χ0) is 24.1. The average Bonchev–Trinajstić information content (AvgIpc) is 3.28. The van der Waals surface area contributed by atoms with Gasteiger partial charge in [-0.3, -0.25) is 0 Å². The van der Waals surface area contributed by atoms with Crippen molar-refractivity contribution in [2.75, 3.05) is 0 Å². The Balaban J connectivity index is 1.30. The summed E-state index contributed by atoms with van der Waals surface area (Å²) in [6.45, 7) is 0. The number of fused-ring (bicyclic) bond motifs is 3. The van der Waals surface area contributed by atoms with Crippen molar-refractivity contribution in [3.8, 4) is 33.6 Å². The second-order valence-corrected chi connectivity index (χ2v) is 9.33. The van der Waals surface area contributed by atoms with Crippen molar-refractivity contribution in [3.63, 3.8) is 0 Å². The monoisotopic (exact) mass is 460 g/mol. The highest BCUT2D eigenvalue weighted by Gasteiger charge is 2.13. The van der Waals surface area contributed by atoms with Gasteiger partial charge in [0, 0.05) is 12.6 Å². The molecule has 0 aliphatic carbocycles. The summed E-state index contributed by atoms with van der Waals surface area (Å²) in [5.41, 5.74) is 8.15. The van der Waals surface area contributed by atoms with Gasteiger partial charge >= 0.3 is 0 Å². The minimum absolute atomic E-state index is 0.976. The molecule has 0 radical (unpaired) electrons. The number of aryl methyl sites for hydroxylation is 1. The van der Waals surface area contributed by atoms with Crippen LogP contribution in [0, 0.1) is 0 Å². The summed E-state index contributed by atoms with van der Waals surface area (Å²) < 4.78 is 2.19. The molecule has 2 heteroatoms. The lowest BCUT2D eigenvalue weighted by Gasteiger charge is -2.08. The Hall–Kier alpha value is -4.69. The summed E-state index contributed by atoms with van der Waals surface area (Å²) in [5, 5.41) is 5.05. The van der Waals surface area contributed by atoms with Gasteiger partial charge in [-0.1, -0.05) is 115 Å². The van der Waals surface area contributed by atoms with Gasteiger partial charge in [0.15, 0.2) is 0 Å². The van der Waals surface area contributed by atoms with Crippen LogP contribution in [-0.4, -0.2) is 9.55 Å². The molecule has 7 aromatic rings. The second-order valence-electron chi connectivity index (χ2n) is 9.33. The fourth-order valence-electron chi connectivity index (χ4n) is 5.38. The summed E-state index contributed by atoms with van der Waals surface area (Å²) in [5.74, 6) is 0.976. The summed E-state index contributed by atoms with van der Waals surface area (Å²) in [7, 11) is 2.10. The van der Waals surface area contributed by atoms with E-state index in [0.717, 1.165) is 22.4 Å². The van der Waals surface area contributed by atoms with Crippen LogP contribution in [-0.2, 0) is 7.05 Å². The van der Waals surface area contributed by atoms with Gasteiger partial charge in [-0.2, -0.15) is 0 Å². The Kier molecular flexibility index (Phi) is 4.71. The van der Waals surface area contributed by atoms with Gasteiger partial charge in [-0.25, -0.2) is 4.98 Å². The first-order chi connectivity index (χ1) is 17.8. The molecule has 6 aromatic carbocycles. The topological polar surface area (TPSA) is 17.8 Å². The molecule has 0 fully saturated rings. The molecule has 36 heavy (non-hydrogen) atoms. The number of hydrogen-bond donors (Lipinski definition) is 0. The van der Waals surface area contributed by atoms with E-state index in [1.165, 1.54) is 43.8 Å².